The van der Waals surface area contributed by atoms with Crippen molar-refractivity contribution in [3.63, 3.8) is 0 Å². The van der Waals surface area contributed by atoms with Crippen LogP contribution in [0.4, 0.5) is 0 Å². The van der Waals surface area contributed by atoms with E-state index in [0.717, 1.165) is 5.69 Å². The van der Waals surface area contributed by atoms with Crippen LogP contribution in [-0.2, 0) is 32.5 Å². The van der Waals surface area contributed by atoms with Gasteiger partial charge in [-0.1, -0.05) is 326 Å². The van der Waals surface area contributed by atoms with Crippen LogP contribution in [0.5, 0.6) is 0 Å². The van der Waals surface area contributed by atoms with Gasteiger partial charge in [0.25, 0.3) is 6.71 Å². The molecule has 112 heavy (non-hydrogen) atoms. The van der Waals surface area contributed by atoms with Crippen LogP contribution in [0.1, 0.15) is 150 Å². The van der Waals surface area contributed by atoms with Gasteiger partial charge in [-0.3, -0.25) is 0 Å². The highest BCUT2D eigenvalue weighted by Gasteiger charge is 2.55. The Labute approximate surface area is 655 Å². The normalized spacial score (nSPS) is 14.7. The molecule has 0 unspecified atom stereocenters. The van der Waals surface area contributed by atoms with Gasteiger partial charge < -0.3 is 13.7 Å². The number of nitrogens with zero attached hydrogens (tertiary/aromatic N) is 3. The summed E-state index contributed by atoms with van der Waals surface area (Å²) in [5.74, 6) is 0. The average molecular weight is 1430 g/mol. The maximum atomic E-state index is 2.80. The van der Waals surface area contributed by atoms with Gasteiger partial charge in [0.05, 0.1) is 38.6 Å². The third kappa shape index (κ3) is 7.93. The molecule has 3 aromatic heterocycles. The molecule has 4 aliphatic carbocycles. The fourth-order valence-corrected chi connectivity index (χ4v) is 22.5. The van der Waals surface area contributed by atoms with Gasteiger partial charge in [-0.15, -0.1) is 0 Å². The minimum Gasteiger partial charge on any atom is -0.310 e. The van der Waals surface area contributed by atoms with E-state index in [1.54, 1.807) is 0 Å². The van der Waals surface area contributed by atoms with Crippen molar-refractivity contribution >= 4 is 88.5 Å². The minimum absolute atomic E-state index is 0.0863. The van der Waals surface area contributed by atoms with Crippen LogP contribution >= 0.6 is 0 Å². The van der Waals surface area contributed by atoms with E-state index < -0.39 is 10.8 Å². The Balaban J connectivity index is 0.901. The van der Waals surface area contributed by atoms with Gasteiger partial charge in [0.15, 0.2) is 0 Å². The zero-order valence-electron chi connectivity index (χ0n) is 65.6. The molecule has 0 saturated heterocycles. The minimum atomic E-state index is -0.616. The fourth-order valence-electron chi connectivity index (χ4n) is 22.5. The first-order valence-electron chi connectivity index (χ1n) is 40.5. The zero-order chi connectivity index (χ0) is 75.5. The van der Waals surface area contributed by atoms with Crippen molar-refractivity contribution in [2.24, 2.45) is 0 Å². The van der Waals surface area contributed by atoms with Crippen LogP contribution in [0.2, 0.25) is 0 Å². The summed E-state index contributed by atoms with van der Waals surface area (Å²) in [6, 6.07) is 116. The summed E-state index contributed by atoms with van der Waals surface area (Å²) in [5, 5.41) is 7.65. The van der Waals surface area contributed by atoms with Crippen LogP contribution < -0.4 is 16.4 Å². The molecule has 15 aromatic carbocycles. The molecule has 534 valence electrons. The lowest BCUT2D eigenvalue weighted by molar-refractivity contribution is 0.590. The van der Waals surface area contributed by atoms with Crippen molar-refractivity contribution in [1.29, 1.82) is 0 Å². The Hall–Kier alpha value is -12.2. The van der Waals surface area contributed by atoms with E-state index in [1.165, 1.54) is 227 Å². The Bertz CT molecular complexity index is 6810. The lowest BCUT2D eigenvalue weighted by Gasteiger charge is -2.36. The van der Waals surface area contributed by atoms with Crippen LogP contribution in [0.25, 0.3) is 149 Å². The molecule has 3 nitrogen and oxygen atoms in total. The van der Waals surface area contributed by atoms with Crippen LogP contribution in [0, 0.1) is 0 Å². The van der Waals surface area contributed by atoms with Crippen molar-refractivity contribution in [1.82, 2.24) is 13.7 Å². The van der Waals surface area contributed by atoms with Crippen molar-refractivity contribution in [2.45, 2.75) is 116 Å². The highest BCUT2D eigenvalue weighted by molar-refractivity contribution is 7.00. The van der Waals surface area contributed by atoms with Crippen LogP contribution in [0.3, 0.4) is 0 Å². The molecule has 6 aliphatic rings. The van der Waals surface area contributed by atoms with E-state index in [-0.39, 0.29) is 28.4 Å². The summed E-state index contributed by atoms with van der Waals surface area (Å²) < 4.78 is 8.29. The number of benzene rings is 15. The van der Waals surface area contributed by atoms with E-state index in [9.17, 15) is 0 Å². The maximum Gasteiger partial charge on any atom is 0.252 e. The number of rotatable bonds is 3. The number of para-hydroxylation sites is 2. The second-order valence-corrected chi connectivity index (χ2v) is 37.4. The van der Waals surface area contributed by atoms with Crippen molar-refractivity contribution in [3.8, 4) is 83.8 Å². The summed E-state index contributed by atoms with van der Waals surface area (Å²) in [6.45, 7) is 28.6. The van der Waals surface area contributed by atoms with Gasteiger partial charge in [0, 0.05) is 65.9 Å². The summed E-state index contributed by atoms with van der Waals surface area (Å²) in [7, 11) is 0. The Kier molecular flexibility index (Phi) is 12.4. The first-order valence-corrected chi connectivity index (χ1v) is 40.5. The predicted octanol–water partition coefficient (Wildman–Crippen LogP) is 25.3. The highest BCUT2D eigenvalue weighted by atomic mass is 15.1. The Morgan fingerprint density at radius 1 is 0.232 bits per heavy atom. The van der Waals surface area contributed by atoms with Crippen molar-refractivity contribution in [2.75, 3.05) is 0 Å². The molecule has 0 fully saturated rings. The fraction of sp³-hybridized carbons (Fsp3) is 0.167. The zero-order valence-corrected chi connectivity index (χ0v) is 65.6. The van der Waals surface area contributed by atoms with Gasteiger partial charge in [0.2, 0.25) is 0 Å². The summed E-state index contributed by atoms with van der Waals surface area (Å²) in [6.07, 6.45) is 0. The van der Waals surface area contributed by atoms with E-state index in [0.29, 0.717) is 0 Å². The number of hydrogen-bond acceptors (Lipinski definition) is 0. The van der Waals surface area contributed by atoms with Gasteiger partial charge in [-0.2, -0.15) is 0 Å². The van der Waals surface area contributed by atoms with Crippen LogP contribution in [0.15, 0.2) is 291 Å². The molecule has 18 aromatic rings. The molecule has 0 saturated carbocycles. The van der Waals surface area contributed by atoms with E-state index in [4.69, 9.17) is 0 Å². The van der Waals surface area contributed by atoms with Crippen molar-refractivity contribution in [3.05, 3.63) is 358 Å². The summed E-state index contributed by atoms with van der Waals surface area (Å²) >= 11 is 0. The van der Waals surface area contributed by atoms with Gasteiger partial charge in [-0.05, 0) is 209 Å². The smallest absolute Gasteiger partial charge is 0.252 e. The second-order valence-electron chi connectivity index (χ2n) is 37.4. The molecule has 0 atom stereocenters. The van der Waals surface area contributed by atoms with E-state index in [2.05, 4.69) is 388 Å². The topological polar surface area (TPSA) is 14.8 Å². The van der Waals surface area contributed by atoms with Gasteiger partial charge in [0.1, 0.15) is 0 Å². The average Bonchev–Trinajstić information content (AvgIpc) is 1.51. The first kappa shape index (κ1) is 64.6. The largest absolute Gasteiger partial charge is 0.310 e. The van der Waals surface area contributed by atoms with Gasteiger partial charge >= 0.3 is 0 Å². The Morgan fingerprint density at radius 3 is 0.857 bits per heavy atom. The highest BCUT2D eigenvalue weighted by Crippen LogP contribution is 2.67. The van der Waals surface area contributed by atoms with E-state index in [1.807, 2.05) is 0 Å². The lowest BCUT2D eigenvalue weighted by atomic mass is 9.34. The monoisotopic (exact) mass is 1430 g/mol. The SMILES string of the molecule is CC(C)(C)c1ccc2c(c1)c1cc(C(C)(C)C)cc3c1n2-c1cc(-n2c4c(-c5cccc6c5C5(c7ccccc7-c7ccccc75)c5ccccc5-6)cccc4c4cccc(-c5cccc6c5C5(c7ccccc7-c7ccccc75)c5ccccc5-6)c42)cc2c1B3c1cc(C(C)(C)C)cc3c4cc(C(C)(C)C)ccc4n-2c13. The standard InChI is InChI=1S/C108H84BN3/c1-103(2,3)61-49-51-92-80(53-61)82-55-63(105(7,8)9)57-90-101(82)111(92)94-59-65(60-95-98(94)109(90)91-58-64(106(10,11)12)56-83-81-54-62(104(4,5)6)50-52-93(81)112(95)102(83)91)110-99-76(74-37-25-35-72-70-33-17-23-47-88(70)107(96(72)74)84-43-19-13-29-66(84)67-30-14-20-44-85(67)107)39-27-41-78(99)79-42-28-40-77(100(79)110)75-38-26-36-73-71-34-18-24-48-89(71)108(97(73)75)86-45-21-15-31-68(86)69-32-16-22-46-87(69)108/h13-60H,1-12H3. The number of fused-ring (bicyclic) bond motifs is 33. The first-order chi connectivity index (χ1) is 54.1. The third-order valence-electron chi connectivity index (χ3n) is 27.4. The molecular formula is C108H84BN3. The molecular weight excluding hydrogens is 1350 g/mol. The Morgan fingerprint density at radius 2 is 0.518 bits per heavy atom. The predicted molar refractivity (Wildman–Crippen MR) is 472 cm³/mol. The third-order valence-corrected chi connectivity index (χ3v) is 27.4. The number of hydrogen-bond donors (Lipinski definition) is 0. The molecule has 4 heteroatoms. The number of aromatic nitrogens is 3. The quantitative estimate of drug-likeness (QED) is 0.157. The molecule has 0 N–H and O–H groups in total. The molecule has 24 rings (SSSR count). The van der Waals surface area contributed by atoms with E-state index >= 15 is 0 Å². The lowest BCUT2D eigenvalue weighted by Crippen LogP contribution is -2.59. The molecule has 2 aliphatic heterocycles. The summed E-state index contributed by atoms with van der Waals surface area (Å²) in [5.41, 5.74) is 44.6. The van der Waals surface area contributed by atoms with Crippen LogP contribution in [-0.4, -0.2) is 20.4 Å². The molecule has 5 heterocycles. The molecule has 0 bridgehead atoms. The van der Waals surface area contributed by atoms with Crippen molar-refractivity contribution < 1.29 is 0 Å². The molecule has 0 amide bonds. The maximum absolute atomic E-state index is 2.80. The molecule has 0 radical (unpaired) electrons. The second kappa shape index (κ2) is 21.5. The summed E-state index contributed by atoms with van der Waals surface area (Å²) in [4.78, 5) is 0. The van der Waals surface area contributed by atoms with Gasteiger partial charge in [-0.25, -0.2) is 0 Å². The molecule has 2 spiro atoms.